The van der Waals surface area contributed by atoms with Gasteiger partial charge in [-0.05, 0) is 44.4 Å². The molecule has 0 bridgehead atoms. The first kappa shape index (κ1) is 12.7. The van der Waals surface area contributed by atoms with E-state index in [0.29, 0.717) is 0 Å². The maximum absolute atomic E-state index is 6.30. The summed E-state index contributed by atoms with van der Waals surface area (Å²) in [5, 5.41) is 4.44. The number of ether oxygens (including phenoxy) is 1. The fraction of sp³-hybridized carbons (Fsp3) is 0.571. The topological polar surface area (TPSA) is 21.3 Å². The molecule has 0 spiro atoms. The minimum atomic E-state index is 0.207. The summed E-state index contributed by atoms with van der Waals surface area (Å²) in [6.07, 6.45) is 4.55. The van der Waals surface area contributed by atoms with E-state index in [1.54, 1.807) is 7.11 Å². The fourth-order valence-corrected chi connectivity index (χ4v) is 2.92. The third-order valence-electron chi connectivity index (χ3n) is 3.82. The van der Waals surface area contributed by atoms with E-state index < -0.39 is 0 Å². The highest BCUT2D eigenvalue weighted by Gasteiger charge is 2.33. The van der Waals surface area contributed by atoms with Crippen molar-refractivity contribution in [1.29, 1.82) is 0 Å². The molecule has 1 aliphatic rings. The quantitative estimate of drug-likeness (QED) is 0.888. The first-order chi connectivity index (χ1) is 8.21. The third-order valence-corrected chi connectivity index (χ3v) is 4.17. The second-order valence-corrected chi connectivity index (χ2v) is 5.17. The lowest BCUT2D eigenvalue weighted by Crippen LogP contribution is -2.41. The molecule has 1 N–H and O–H groups in total. The van der Waals surface area contributed by atoms with Crippen LogP contribution in [0, 0.1) is 0 Å². The summed E-state index contributed by atoms with van der Waals surface area (Å²) in [4.78, 5) is 0. The zero-order valence-corrected chi connectivity index (χ0v) is 11.3. The number of hydrogen-bond donors (Lipinski definition) is 1. The smallest absolute Gasteiger partial charge is 0.123 e. The van der Waals surface area contributed by atoms with Crippen molar-refractivity contribution in [3.63, 3.8) is 0 Å². The highest BCUT2D eigenvalue weighted by atomic mass is 35.5. The van der Waals surface area contributed by atoms with Crippen LogP contribution in [0.15, 0.2) is 18.2 Å². The first-order valence-corrected chi connectivity index (χ1v) is 6.65. The standard InChI is InChI=1S/C14H20ClNO/c1-3-14(8-5-9-16-14)10-11-12(15)6-4-7-13(11)17-2/h4,6-7,16H,3,5,8-10H2,1-2H3. The van der Waals surface area contributed by atoms with Gasteiger partial charge in [0.25, 0.3) is 0 Å². The highest BCUT2D eigenvalue weighted by Crippen LogP contribution is 2.34. The number of rotatable bonds is 4. The van der Waals surface area contributed by atoms with Crippen LogP contribution in [0.3, 0.4) is 0 Å². The molecular weight excluding hydrogens is 234 g/mol. The zero-order valence-electron chi connectivity index (χ0n) is 10.6. The Bertz CT molecular complexity index is 386. The van der Waals surface area contributed by atoms with E-state index in [1.807, 2.05) is 18.2 Å². The number of benzene rings is 1. The molecule has 94 valence electrons. The molecule has 3 heteroatoms. The van der Waals surface area contributed by atoms with Gasteiger partial charge in [0.2, 0.25) is 0 Å². The molecule has 0 aliphatic carbocycles. The molecule has 1 aromatic rings. The Balaban J connectivity index is 2.28. The summed E-state index contributed by atoms with van der Waals surface area (Å²) in [7, 11) is 1.70. The Morgan fingerprint density at radius 2 is 2.29 bits per heavy atom. The van der Waals surface area contributed by atoms with Crippen molar-refractivity contribution in [2.75, 3.05) is 13.7 Å². The minimum absolute atomic E-state index is 0.207. The summed E-state index contributed by atoms with van der Waals surface area (Å²) < 4.78 is 5.41. The van der Waals surface area contributed by atoms with E-state index >= 15 is 0 Å². The van der Waals surface area contributed by atoms with Gasteiger partial charge in [-0.15, -0.1) is 0 Å². The molecule has 1 fully saturated rings. The van der Waals surface area contributed by atoms with E-state index in [-0.39, 0.29) is 5.54 Å². The van der Waals surface area contributed by atoms with Crippen LogP contribution in [-0.2, 0) is 6.42 Å². The highest BCUT2D eigenvalue weighted by molar-refractivity contribution is 6.31. The van der Waals surface area contributed by atoms with E-state index in [0.717, 1.165) is 35.7 Å². The maximum Gasteiger partial charge on any atom is 0.123 e. The molecule has 2 nitrogen and oxygen atoms in total. The molecule has 0 radical (unpaired) electrons. The Labute approximate surface area is 108 Å². The van der Waals surface area contributed by atoms with Gasteiger partial charge >= 0.3 is 0 Å². The minimum Gasteiger partial charge on any atom is -0.496 e. The second-order valence-electron chi connectivity index (χ2n) is 4.76. The molecule has 1 unspecified atom stereocenters. The molecule has 0 aromatic heterocycles. The Morgan fingerprint density at radius 1 is 1.47 bits per heavy atom. The van der Waals surface area contributed by atoms with E-state index in [4.69, 9.17) is 16.3 Å². The molecule has 17 heavy (non-hydrogen) atoms. The van der Waals surface area contributed by atoms with Crippen LogP contribution in [-0.4, -0.2) is 19.2 Å². The largest absolute Gasteiger partial charge is 0.496 e. The van der Waals surface area contributed by atoms with Gasteiger partial charge in [-0.25, -0.2) is 0 Å². The Hall–Kier alpha value is -0.730. The van der Waals surface area contributed by atoms with Crippen LogP contribution >= 0.6 is 11.6 Å². The number of nitrogens with one attached hydrogen (secondary N) is 1. The molecule has 1 atom stereocenters. The lowest BCUT2D eigenvalue weighted by atomic mass is 9.86. The zero-order chi connectivity index (χ0) is 12.3. The molecule has 1 heterocycles. The van der Waals surface area contributed by atoms with Crippen molar-refractivity contribution in [2.45, 2.75) is 38.1 Å². The van der Waals surface area contributed by atoms with Crippen molar-refractivity contribution >= 4 is 11.6 Å². The molecule has 2 rings (SSSR count). The van der Waals surface area contributed by atoms with Crippen LogP contribution < -0.4 is 10.1 Å². The van der Waals surface area contributed by atoms with E-state index in [9.17, 15) is 0 Å². The number of methoxy groups -OCH3 is 1. The van der Waals surface area contributed by atoms with Gasteiger partial charge in [-0.3, -0.25) is 0 Å². The maximum atomic E-state index is 6.30. The van der Waals surface area contributed by atoms with Crippen molar-refractivity contribution in [2.24, 2.45) is 0 Å². The average molecular weight is 254 g/mol. The predicted octanol–water partition coefficient (Wildman–Crippen LogP) is 3.42. The lowest BCUT2D eigenvalue weighted by molar-refractivity contribution is 0.348. The molecule has 1 aromatic carbocycles. The van der Waals surface area contributed by atoms with Gasteiger partial charge < -0.3 is 10.1 Å². The predicted molar refractivity (Wildman–Crippen MR) is 72.0 cm³/mol. The monoisotopic (exact) mass is 253 g/mol. The van der Waals surface area contributed by atoms with Gasteiger partial charge in [-0.1, -0.05) is 24.6 Å². The normalized spacial score (nSPS) is 23.9. The molecule has 1 saturated heterocycles. The average Bonchev–Trinajstić information content (AvgIpc) is 2.81. The summed E-state index contributed by atoms with van der Waals surface area (Å²) in [5.74, 6) is 0.902. The first-order valence-electron chi connectivity index (χ1n) is 6.27. The van der Waals surface area contributed by atoms with Gasteiger partial charge in [0.05, 0.1) is 7.11 Å². The molecule has 0 amide bonds. The van der Waals surface area contributed by atoms with E-state index in [2.05, 4.69) is 12.2 Å². The fourth-order valence-electron chi connectivity index (χ4n) is 2.69. The summed E-state index contributed by atoms with van der Waals surface area (Å²) in [5.41, 5.74) is 1.34. The van der Waals surface area contributed by atoms with Gasteiger partial charge in [0.1, 0.15) is 5.75 Å². The molecule has 1 aliphatic heterocycles. The Morgan fingerprint density at radius 3 is 2.88 bits per heavy atom. The summed E-state index contributed by atoms with van der Waals surface area (Å²) in [6.45, 7) is 3.35. The SMILES string of the molecule is CCC1(Cc2c(Cl)cccc2OC)CCCN1. The third kappa shape index (κ3) is 2.58. The second kappa shape index (κ2) is 5.28. The number of halogens is 1. The summed E-state index contributed by atoms with van der Waals surface area (Å²) in [6, 6.07) is 5.86. The molecular formula is C14H20ClNO. The van der Waals surface area contributed by atoms with Gasteiger partial charge in [0.15, 0.2) is 0 Å². The van der Waals surface area contributed by atoms with Crippen molar-refractivity contribution in [3.05, 3.63) is 28.8 Å². The Kier molecular flexibility index (Phi) is 3.95. The van der Waals surface area contributed by atoms with Crippen LogP contribution in [0.4, 0.5) is 0 Å². The van der Waals surface area contributed by atoms with Crippen LogP contribution in [0.5, 0.6) is 5.75 Å². The van der Waals surface area contributed by atoms with Gasteiger partial charge in [-0.2, -0.15) is 0 Å². The van der Waals surface area contributed by atoms with Crippen LogP contribution in [0.2, 0.25) is 5.02 Å². The van der Waals surface area contributed by atoms with Crippen LogP contribution in [0.25, 0.3) is 0 Å². The summed E-state index contributed by atoms with van der Waals surface area (Å²) >= 11 is 6.30. The number of hydrogen-bond acceptors (Lipinski definition) is 2. The molecule has 0 saturated carbocycles. The van der Waals surface area contributed by atoms with E-state index in [1.165, 1.54) is 12.8 Å². The van der Waals surface area contributed by atoms with Gasteiger partial charge in [0, 0.05) is 16.1 Å². The van der Waals surface area contributed by atoms with Crippen molar-refractivity contribution in [3.8, 4) is 5.75 Å². The van der Waals surface area contributed by atoms with Crippen LogP contribution in [0.1, 0.15) is 31.7 Å². The lowest BCUT2D eigenvalue weighted by Gasteiger charge is -2.29. The van der Waals surface area contributed by atoms with Crippen molar-refractivity contribution in [1.82, 2.24) is 5.32 Å². The van der Waals surface area contributed by atoms with Crippen molar-refractivity contribution < 1.29 is 4.74 Å².